The Kier molecular flexibility index (Phi) is 8.61. The molecule has 4 aromatic carbocycles. The number of aromatic amines is 1. The average molecular weight is 548 g/mol. The highest BCUT2D eigenvalue weighted by molar-refractivity contribution is 6.00. The zero-order chi connectivity index (χ0) is 28.6. The van der Waals surface area contributed by atoms with Gasteiger partial charge >= 0.3 is 6.03 Å². The van der Waals surface area contributed by atoms with E-state index in [1.54, 1.807) is 24.3 Å². The first-order valence-corrected chi connectivity index (χ1v) is 13.5. The van der Waals surface area contributed by atoms with E-state index < -0.39 is 12.1 Å². The molecule has 0 saturated carbocycles. The fraction of sp³-hybridized carbons (Fsp3) is 0.152. The SMILES string of the molecule is Cc1cc2cc(NC(=O)[C@H](Cc3ccc(CN)cc3)NC(=O)Nc3ccc(OCc4ccccc4)cc3)ccc2[nH]1. The minimum Gasteiger partial charge on any atom is -0.489 e. The Morgan fingerprint density at radius 2 is 1.51 bits per heavy atom. The van der Waals surface area contributed by atoms with Crippen molar-refractivity contribution in [2.45, 2.75) is 32.5 Å². The number of benzene rings is 4. The van der Waals surface area contributed by atoms with E-state index in [0.29, 0.717) is 36.7 Å². The Labute approximate surface area is 238 Å². The highest BCUT2D eigenvalue weighted by Crippen LogP contribution is 2.21. The molecule has 0 radical (unpaired) electrons. The van der Waals surface area contributed by atoms with E-state index in [9.17, 15) is 9.59 Å². The number of rotatable bonds is 10. The van der Waals surface area contributed by atoms with Crippen molar-refractivity contribution in [1.29, 1.82) is 0 Å². The van der Waals surface area contributed by atoms with Gasteiger partial charge in [0.05, 0.1) is 0 Å². The van der Waals surface area contributed by atoms with Crippen LogP contribution in [0.4, 0.5) is 16.2 Å². The van der Waals surface area contributed by atoms with Crippen LogP contribution in [-0.4, -0.2) is 23.0 Å². The van der Waals surface area contributed by atoms with Crippen molar-refractivity contribution in [2.75, 3.05) is 10.6 Å². The summed E-state index contributed by atoms with van der Waals surface area (Å²) in [6, 6.07) is 31.1. The van der Waals surface area contributed by atoms with E-state index >= 15 is 0 Å². The van der Waals surface area contributed by atoms with Crippen LogP contribution in [0.2, 0.25) is 0 Å². The fourth-order valence-electron chi connectivity index (χ4n) is 4.54. The highest BCUT2D eigenvalue weighted by Gasteiger charge is 2.22. The topological polar surface area (TPSA) is 121 Å². The Morgan fingerprint density at radius 1 is 0.805 bits per heavy atom. The van der Waals surface area contributed by atoms with Crippen molar-refractivity contribution >= 4 is 34.2 Å². The summed E-state index contributed by atoms with van der Waals surface area (Å²) in [6.45, 7) is 2.87. The number of carbonyl (C=O) groups excluding carboxylic acids is 2. The van der Waals surface area contributed by atoms with Crippen molar-refractivity contribution in [2.24, 2.45) is 5.73 Å². The third kappa shape index (κ3) is 7.52. The number of nitrogens with two attached hydrogens (primary N) is 1. The van der Waals surface area contributed by atoms with Crippen LogP contribution in [0.15, 0.2) is 103 Å². The first-order valence-electron chi connectivity index (χ1n) is 13.5. The number of fused-ring (bicyclic) bond motifs is 1. The number of hydrogen-bond acceptors (Lipinski definition) is 4. The molecule has 0 fully saturated rings. The molecule has 8 heteroatoms. The number of nitrogens with one attached hydrogen (secondary N) is 4. The maximum absolute atomic E-state index is 13.4. The maximum Gasteiger partial charge on any atom is 0.319 e. The second-order valence-electron chi connectivity index (χ2n) is 9.92. The van der Waals surface area contributed by atoms with Crippen LogP contribution in [0.5, 0.6) is 5.75 Å². The molecule has 5 rings (SSSR count). The van der Waals surface area contributed by atoms with Gasteiger partial charge in [-0.3, -0.25) is 4.79 Å². The highest BCUT2D eigenvalue weighted by atomic mass is 16.5. The van der Waals surface area contributed by atoms with Crippen LogP contribution in [0.3, 0.4) is 0 Å². The molecule has 0 bridgehead atoms. The summed E-state index contributed by atoms with van der Waals surface area (Å²) in [4.78, 5) is 29.7. The molecule has 0 saturated heterocycles. The number of aryl methyl sites for hydroxylation is 1. The fourth-order valence-corrected chi connectivity index (χ4v) is 4.54. The van der Waals surface area contributed by atoms with Gasteiger partial charge in [-0.1, -0.05) is 54.6 Å². The zero-order valence-corrected chi connectivity index (χ0v) is 22.8. The van der Waals surface area contributed by atoms with Gasteiger partial charge in [0.25, 0.3) is 0 Å². The molecule has 6 N–H and O–H groups in total. The second kappa shape index (κ2) is 12.8. The van der Waals surface area contributed by atoms with Gasteiger partial charge < -0.3 is 31.4 Å². The van der Waals surface area contributed by atoms with Crippen LogP contribution >= 0.6 is 0 Å². The molecule has 1 aromatic heterocycles. The Balaban J connectivity index is 1.24. The minimum atomic E-state index is -0.823. The summed E-state index contributed by atoms with van der Waals surface area (Å²) < 4.78 is 5.82. The summed E-state index contributed by atoms with van der Waals surface area (Å²) in [5.74, 6) is 0.367. The number of ether oxygens (including phenoxy) is 1. The third-order valence-electron chi connectivity index (χ3n) is 6.70. The molecule has 5 aromatic rings. The van der Waals surface area contributed by atoms with E-state index in [2.05, 4.69) is 20.9 Å². The zero-order valence-electron chi connectivity index (χ0n) is 22.8. The number of anilines is 2. The number of hydrogen-bond donors (Lipinski definition) is 5. The lowest BCUT2D eigenvalue weighted by Crippen LogP contribution is -2.46. The number of H-pyrrole nitrogens is 1. The molecule has 208 valence electrons. The Bertz CT molecular complexity index is 1610. The molecule has 0 spiro atoms. The first kappa shape index (κ1) is 27.5. The molecule has 8 nitrogen and oxygen atoms in total. The molecule has 0 aliphatic heterocycles. The Morgan fingerprint density at radius 3 is 2.24 bits per heavy atom. The smallest absolute Gasteiger partial charge is 0.319 e. The van der Waals surface area contributed by atoms with E-state index in [-0.39, 0.29) is 5.91 Å². The van der Waals surface area contributed by atoms with Crippen LogP contribution in [-0.2, 0) is 24.4 Å². The summed E-state index contributed by atoms with van der Waals surface area (Å²) in [5.41, 5.74) is 12.0. The molecule has 41 heavy (non-hydrogen) atoms. The number of urea groups is 1. The maximum atomic E-state index is 13.4. The predicted octanol–water partition coefficient (Wildman–Crippen LogP) is 5.89. The van der Waals surface area contributed by atoms with Crippen molar-refractivity contribution in [3.63, 3.8) is 0 Å². The number of amides is 3. The van der Waals surface area contributed by atoms with Gasteiger partial charge in [0.15, 0.2) is 0 Å². The predicted molar refractivity (Wildman–Crippen MR) is 163 cm³/mol. The molecule has 3 amide bonds. The molecule has 1 atom stereocenters. The quantitative estimate of drug-likeness (QED) is 0.150. The van der Waals surface area contributed by atoms with Crippen LogP contribution in [0.1, 0.15) is 22.4 Å². The molecular formula is C33H33N5O3. The summed E-state index contributed by atoms with van der Waals surface area (Å²) >= 11 is 0. The minimum absolute atomic E-state index is 0.307. The van der Waals surface area contributed by atoms with Crippen molar-refractivity contribution < 1.29 is 14.3 Å². The third-order valence-corrected chi connectivity index (χ3v) is 6.70. The molecule has 0 aliphatic carbocycles. The summed E-state index contributed by atoms with van der Waals surface area (Å²) in [7, 11) is 0. The van der Waals surface area contributed by atoms with Crippen molar-refractivity contribution in [3.05, 3.63) is 126 Å². The summed E-state index contributed by atoms with van der Waals surface area (Å²) in [6.07, 6.45) is 0.307. The molecule has 0 unspecified atom stereocenters. The van der Waals surface area contributed by atoms with Crippen LogP contribution in [0.25, 0.3) is 10.9 Å². The first-order chi connectivity index (χ1) is 19.9. The standard InChI is InChI=1S/C33H33N5O3/c1-22-17-26-19-28(13-16-30(26)35-22)36-32(39)31(18-23-7-9-24(20-34)10-8-23)38-33(40)37-27-11-14-29(15-12-27)41-21-25-5-3-2-4-6-25/h2-17,19,31,35H,18,20-21,34H2,1H3,(H,36,39)(H2,37,38,40)/t31-/m0/s1. The van der Waals surface area contributed by atoms with Gasteiger partial charge in [-0.15, -0.1) is 0 Å². The molecule has 1 heterocycles. The summed E-state index contributed by atoms with van der Waals surface area (Å²) in [5, 5.41) is 9.61. The van der Waals surface area contributed by atoms with E-state index in [0.717, 1.165) is 33.3 Å². The van der Waals surface area contributed by atoms with Gasteiger partial charge in [0, 0.05) is 40.9 Å². The Hall–Kier alpha value is -5.08. The van der Waals surface area contributed by atoms with Gasteiger partial charge in [0.1, 0.15) is 18.4 Å². The van der Waals surface area contributed by atoms with Crippen LogP contribution in [0, 0.1) is 6.92 Å². The number of carbonyl (C=O) groups is 2. The van der Waals surface area contributed by atoms with Crippen molar-refractivity contribution in [3.8, 4) is 5.75 Å². The van der Waals surface area contributed by atoms with Gasteiger partial charge in [-0.2, -0.15) is 0 Å². The number of aromatic nitrogens is 1. The van der Waals surface area contributed by atoms with Gasteiger partial charge in [-0.25, -0.2) is 4.79 Å². The lowest BCUT2D eigenvalue weighted by atomic mass is 10.0. The van der Waals surface area contributed by atoms with E-state index in [1.165, 1.54) is 0 Å². The van der Waals surface area contributed by atoms with Gasteiger partial charge in [-0.05, 0) is 72.1 Å². The monoisotopic (exact) mass is 547 g/mol. The lowest BCUT2D eigenvalue weighted by Gasteiger charge is -2.19. The molecular weight excluding hydrogens is 514 g/mol. The molecule has 0 aliphatic rings. The van der Waals surface area contributed by atoms with Crippen LogP contribution < -0.4 is 26.4 Å². The lowest BCUT2D eigenvalue weighted by molar-refractivity contribution is -0.117. The normalized spacial score (nSPS) is 11.6. The average Bonchev–Trinajstić information content (AvgIpc) is 3.36. The van der Waals surface area contributed by atoms with Gasteiger partial charge in [0.2, 0.25) is 5.91 Å². The van der Waals surface area contributed by atoms with E-state index in [1.807, 2.05) is 85.8 Å². The van der Waals surface area contributed by atoms with Crippen molar-refractivity contribution in [1.82, 2.24) is 10.3 Å². The second-order valence-corrected chi connectivity index (χ2v) is 9.92. The largest absolute Gasteiger partial charge is 0.489 e. The van der Waals surface area contributed by atoms with E-state index in [4.69, 9.17) is 10.5 Å².